The molecule has 1 N–H and O–H groups in total. The maximum absolute atomic E-state index is 12.2. The lowest BCUT2D eigenvalue weighted by Crippen LogP contribution is -2.14. The number of nitrogens with zero attached hydrogens (tertiary/aromatic N) is 2. The van der Waals surface area contributed by atoms with Gasteiger partial charge >= 0.3 is 6.09 Å². The molecule has 4 rings (SSSR count). The Balaban J connectivity index is 1.41. The molecule has 0 bridgehead atoms. The molecule has 0 saturated heterocycles. The molecule has 33 heavy (non-hydrogen) atoms. The molecule has 0 saturated carbocycles. The zero-order valence-electron chi connectivity index (χ0n) is 18.2. The first-order valence-electron chi connectivity index (χ1n) is 10.5. The van der Waals surface area contributed by atoms with Gasteiger partial charge < -0.3 is 9.47 Å². The van der Waals surface area contributed by atoms with Gasteiger partial charge in [0.15, 0.2) is 5.82 Å². The fourth-order valence-corrected chi connectivity index (χ4v) is 3.50. The summed E-state index contributed by atoms with van der Waals surface area (Å²) in [5.41, 5.74) is 3.76. The average Bonchev–Trinajstić information content (AvgIpc) is 3.17. The minimum atomic E-state index is -0.557. The number of anilines is 1. The molecule has 6 nitrogen and oxygen atoms in total. The first-order valence-corrected chi connectivity index (χ1v) is 10.9. The van der Waals surface area contributed by atoms with E-state index in [-0.39, 0.29) is 6.61 Å². The number of carbonyl (C=O) groups is 1. The van der Waals surface area contributed by atoms with Gasteiger partial charge in [-0.3, -0.25) is 10.00 Å². The van der Waals surface area contributed by atoms with Crippen LogP contribution in [0.15, 0.2) is 84.9 Å². The molecule has 0 aliphatic heterocycles. The van der Waals surface area contributed by atoms with Gasteiger partial charge in [0.25, 0.3) is 0 Å². The number of benzene rings is 3. The number of amides is 1. The van der Waals surface area contributed by atoms with Crippen LogP contribution in [0, 0.1) is 6.92 Å². The number of halogens is 1. The highest BCUT2D eigenvalue weighted by Crippen LogP contribution is 2.25. The summed E-state index contributed by atoms with van der Waals surface area (Å²) in [4.78, 5) is 12.2. The van der Waals surface area contributed by atoms with Crippen LogP contribution in [0.1, 0.15) is 22.4 Å². The number of carbonyl (C=O) groups excluding carboxylic acids is 1. The maximum Gasteiger partial charge on any atom is 0.413 e. The van der Waals surface area contributed by atoms with Crippen molar-refractivity contribution in [3.05, 3.63) is 112 Å². The third kappa shape index (κ3) is 6.37. The van der Waals surface area contributed by atoms with Crippen LogP contribution in [0.25, 0.3) is 0 Å². The summed E-state index contributed by atoms with van der Waals surface area (Å²) < 4.78 is 13.1. The first kappa shape index (κ1) is 22.4. The SMILES string of the molecule is Cc1cc(NC(=O)OCc2ccccc2)nn1Cc1cc(Cl)ccc1OCc1ccccc1. The Morgan fingerprint density at radius 2 is 1.61 bits per heavy atom. The zero-order chi connectivity index (χ0) is 23.0. The van der Waals surface area contributed by atoms with Crippen molar-refractivity contribution in [2.75, 3.05) is 5.32 Å². The average molecular weight is 462 g/mol. The van der Waals surface area contributed by atoms with E-state index in [1.165, 1.54) is 0 Å². The summed E-state index contributed by atoms with van der Waals surface area (Å²) in [5.74, 6) is 1.15. The third-order valence-electron chi connectivity index (χ3n) is 5.00. The van der Waals surface area contributed by atoms with Crippen LogP contribution in [-0.2, 0) is 24.5 Å². The van der Waals surface area contributed by atoms with Crippen molar-refractivity contribution < 1.29 is 14.3 Å². The van der Waals surface area contributed by atoms with Crippen molar-refractivity contribution in [3.8, 4) is 5.75 Å². The Hall–Kier alpha value is -3.77. The van der Waals surface area contributed by atoms with Crippen LogP contribution in [0.4, 0.5) is 10.6 Å². The van der Waals surface area contributed by atoms with Crippen molar-refractivity contribution in [2.45, 2.75) is 26.7 Å². The molecular formula is C26H24ClN3O3. The van der Waals surface area contributed by atoms with Crippen molar-refractivity contribution in [2.24, 2.45) is 0 Å². The van der Waals surface area contributed by atoms with Crippen LogP contribution in [0.2, 0.25) is 5.02 Å². The molecule has 0 radical (unpaired) electrons. The second kappa shape index (κ2) is 10.7. The number of hydrogen-bond acceptors (Lipinski definition) is 4. The second-order valence-corrected chi connectivity index (χ2v) is 7.98. The maximum atomic E-state index is 12.2. The number of aryl methyl sites for hydroxylation is 1. The van der Waals surface area contributed by atoms with E-state index in [4.69, 9.17) is 21.1 Å². The molecule has 0 atom stereocenters. The Morgan fingerprint density at radius 1 is 0.939 bits per heavy atom. The Morgan fingerprint density at radius 3 is 2.30 bits per heavy atom. The lowest BCUT2D eigenvalue weighted by molar-refractivity contribution is 0.155. The number of hydrogen-bond donors (Lipinski definition) is 1. The predicted molar refractivity (Wildman–Crippen MR) is 129 cm³/mol. The molecule has 1 heterocycles. The Labute approximate surface area is 197 Å². The van der Waals surface area contributed by atoms with E-state index in [2.05, 4.69) is 10.4 Å². The molecule has 0 fully saturated rings. The lowest BCUT2D eigenvalue weighted by atomic mass is 10.2. The van der Waals surface area contributed by atoms with Crippen LogP contribution in [0.3, 0.4) is 0 Å². The van der Waals surface area contributed by atoms with Gasteiger partial charge in [-0.1, -0.05) is 72.3 Å². The standard InChI is InChI=1S/C26H24ClN3O3/c1-19-14-25(28-26(31)33-18-21-10-6-3-7-11-21)29-30(19)16-22-15-23(27)12-13-24(22)32-17-20-8-4-2-5-9-20/h2-15H,16-18H2,1H3,(H,28,29,31). The monoisotopic (exact) mass is 461 g/mol. The van der Waals surface area contributed by atoms with Crippen LogP contribution < -0.4 is 10.1 Å². The molecule has 168 valence electrons. The number of aromatic nitrogens is 2. The summed E-state index contributed by atoms with van der Waals surface area (Å²) >= 11 is 6.24. The number of ether oxygens (including phenoxy) is 2. The lowest BCUT2D eigenvalue weighted by Gasteiger charge is -2.13. The Bertz CT molecular complexity index is 1210. The first-order chi connectivity index (χ1) is 16.1. The fourth-order valence-electron chi connectivity index (χ4n) is 3.30. The van der Waals surface area contributed by atoms with Gasteiger partial charge in [-0.15, -0.1) is 0 Å². The highest BCUT2D eigenvalue weighted by Gasteiger charge is 2.12. The van der Waals surface area contributed by atoms with Gasteiger partial charge in [0.2, 0.25) is 0 Å². The molecule has 7 heteroatoms. The van der Waals surface area contributed by atoms with Crippen molar-refractivity contribution >= 4 is 23.5 Å². The van der Waals surface area contributed by atoms with Gasteiger partial charge in [0.1, 0.15) is 19.0 Å². The van der Waals surface area contributed by atoms with Crippen molar-refractivity contribution in [1.82, 2.24) is 9.78 Å². The van der Waals surface area contributed by atoms with E-state index in [0.717, 1.165) is 28.1 Å². The molecular weight excluding hydrogens is 438 g/mol. The predicted octanol–water partition coefficient (Wildman–Crippen LogP) is 6.22. The fraction of sp³-hybridized carbons (Fsp3) is 0.154. The van der Waals surface area contributed by atoms with Crippen LogP contribution in [0.5, 0.6) is 5.75 Å². The van der Waals surface area contributed by atoms with Crippen LogP contribution in [-0.4, -0.2) is 15.9 Å². The van der Waals surface area contributed by atoms with Gasteiger partial charge in [-0.25, -0.2) is 4.79 Å². The summed E-state index contributed by atoms with van der Waals surface area (Å²) in [5, 5.41) is 7.79. The molecule has 3 aromatic carbocycles. The van der Waals surface area contributed by atoms with E-state index in [0.29, 0.717) is 24.0 Å². The van der Waals surface area contributed by atoms with Gasteiger partial charge in [0, 0.05) is 22.3 Å². The summed E-state index contributed by atoms with van der Waals surface area (Å²) in [7, 11) is 0. The van der Waals surface area contributed by atoms with E-state index >= 15 is 0 Å². The van der Waals surface area contributed by atoms with Crippen LogP contribution >= 0.6 is 11.6 Å². The molecule has 0 aliphatic carbocycles. The topological polar surface area (TPSA) is 65.4 Å². The summed E-state index contributed by atoms with van der Waals surface area (Å²) in [6.45, 7) is 3.00. The van der Waals surface area contributed by atoms with E-state index in [1.807, 2.05) is 79.7 Å². The molecule has 0 unspecified atom stereocenters. The minimum absolute atomic E-state index is 0.191. The minimum Gasteiger partial charge on any atom is -0.489 e. The number of nitrogens with one attached hydrogen (secondary N) is 1. The Kier molecular flexibility index (Phi) is 7.27. The van der Waals surface area contributed by atoms with Gasteiger partial charge in [0.05, 0.1) is 6.54 Å². The summed E-state index contributed by atoms with van der Waals surface area (Å²) in [6, 6.07) is 26.8. The molecule has 0 aliphatic rings. The van der Waals surface area contributed by atoms with Gasteiger partial charge in [-0.05, 0) is 36.2 Å². The van der Waals surface area contributed by atoms with Gasteiger partial charge in [-0.2, -0.15) is 5.10 Å². The quantitative estimate of drug-likeness (QED) is 0.338. The second-order valence-electron chi connectivity index (χ2n) is 7.54. The smallest absolute Gasteiger partial charge is 0.413 e. The zero-order valence-corrected chi connectivity index (χ0v) is 19.0. The highest BCUT2D eigenvalue weighted by atomic mass is 35.5. The number of rotatable bonds is 8. The van der Waals surface area contributed by atoms with Crippen molar-refractivity contribution in [3.63, 3.8) is 0 Å². The third-order valence-corrected chi connectivity index (χ3v) is 5.24. The molecule has 0 spiro atoms. The normalized spacial score (nSPS) is 10.6. The van der Waals surface area contributed by atoms with Crippen molar-refractivity contribution in [1.29, 1.82) is 0 Å². The molecule has 1 aromatic heterocycles. The highest BCUT2D eigenvalue weighted by molar-refractivity contribution is 6.30. The van der Waals surface area contributed by atoms with E-state index in [9.17, 15) is 4.79 Å². The molecule has 1 amide bonds. The summed E-state index contributed by atoms with van der Waals surface area (Å²) in [6.07, 6.45) is -0.557. The molecule has 4 aromatic rings. The largest absolute Gasteiger partial charge is 0.489 e. The van der Waals surface area contributed by atoms with E-state index < -0.39 is 6.09 Å². The van der Waals surface area contributed by atoms with E-state index in [1.54, 1.807) is 16.8 Å².